The Labute approximate surface area is 86.4 Å². The third-order valence-corrected chi connectivity index (χ3v) is 1.95. The highest BCUT2D eigenvalue weighted by Crippen LogP contribution is 2.09. The summed E-state index contributed by atoms with van der Waals surface area (Å²) in [6.45, 7) is 7.71. The molecule has 0 saturated heterocycles. The van der Waals surface area contributed by atoms with Gasteiger partial charge in [0, 0.05) is 25.7 Å². The van der Waals surface area contributed by atoms with Gasteiger partial charge in [-0.1, -0.05) is 26.0 Å². The SMILES string of the molecule is C=C(CC(=O)CCC)CC(=O)CCC. The molecule has 0 rings (SSSR count). The van der Waals surface area contributed by atoms with Crippen molar-refractivity contribution in [3.63, 3.8) is 0 Å². The molecule has 0 atom stereocenters. The maximum absolute atomic E-state index is 11.2. The lowest BCUT2D eigenvalue weighted by Crippen LogP contribution is -2.03. The number of hydrogen-bond donors (Lipinski definition) is 0. The Morgan fingerprint density at radius 3 is 1.57 bits per heavy atom. The molecule has 0 heterocycles. The van der Waals surface area contributed by atoms with Crippen molar-refractivity contribution in [3.05, 3.63) is 12.2 Å². The standard InChI is InChI=1S/C12H20O2/c1-4-6-11(13)8-10(3)9-12(14)7-5-2/h3-9H2,1-2H3. The highest BCUT2D eigenvalue weighted by Gasteiger charge is 2.07. The van der Waals surface area contributed by atoms with Crippen LogP contribution in [-0.4, -0.2) is 11.6 Å². The van der Waals surface area contributed by atoms with Crippen LogP contribution in [0.3, 0.4) is 0 Å². The Bertz CT molecular complexity index is 194. The first-order valence-corrected chi connectivity index (χ1v) is 5.30. The van der Waals surface area contributed by atoms with Gasteiger partial charge in [-0.15, -0.1) is 0 Å². The highest BCUT2D eigenvalue weighted by atomic mass is 16.1. The first kappa shape index (κ1) is 13.1. The van der Waals surface area contributed by atoms with Crippen LogP contribution in [0.25, 0.3) is 0 Å². The molecule has 0 radical (unpaired) electrons. The molecule has 0 aromatic heterocycles. The maximum Gasteiger partial charge on any atom is 0.136 e. The van der Waals surface area contributed by atoms with Gasteiger partial charge in [0.1, 0.15) is 11.6 Å². The summed E-state index contributed by atoms with van der Waals surface area (Å²) in [5.41, 5.74) is 0.766. The molecule has 0 aliphatic heterocycles. The van der Waals surface area contributed by atoms with Gasteiger partial charge in [0.05, 0.1) is 0 Å². The van der Waals surface area contributed by atoms with Crippen LogP contribution in [0.4, 0.5) is 0 Å². The lowest BCUT2D eigenvalue weighted by molar-refractivity contribution is -0.119. The number of ketones is 2. The Kier molecular flexibility index (Phi) is 6.99. The third kappa shape index (κ3) is 6.58. The van der Waals surface area contributed by atoms with Crippen LogP contribution in [0.2, 0.25) is 0 Å². The number of Topliss-reactive ketones (excluding diaryl/α,β-unsaturated/α-hetero) is 2. The second-order valence-corrected chi connectivity index (χ2v) is 3.68. The zero-order valence-corrected chi connectivity index (χ0v) is 9.27. The molecule has 2 heteroatoms. The molecule has 14 heavy (non-hydrogen) atoms. The van der Waals surface area contributed by atoms with Gasteiger partial charge < -0.3 is 0 Å². The Hall–Kier alpha value is -0.920. The molecule has 0 bridgehead atoms. The Morgan fingerprint density at radius 2 is 1.29 bits per heavy atom. The lowest BCUT2D eigenvalue weighted by Gasteiger charge is -2.03. The smallest absolute Gasteiger partial charge is 0.136 e. The van der Waals surface area contributed by atoms with Crippen molar-refractivity contribution in [2.45, 2.75) is 52.4 Å². The minimum Gasteiger partial charge on any atom is -0.299 e. The van der Waals surface area contributed by atoms with E-state index in [1.807, 2.05) is 13.8 Å². The monoisotopic (exact) mass is 196 g/mol. The van der Waals surface area contributed by atoms with E-state index in [0.717, 1.165) is 18.4 Å². The summed E-state index contributed by atoms with van der Waals surface area (Å²) >= 11 is 0. The van der Waals surface area contributed by atoms with Crippen LogP contribution < -0.4 is 0 Å². The molecular weight excluding hydrogens is 176 g/mol. The highest BCUT2D eigenvalue weighted by molar-refractivity contribution is 5.85. The van der Waals surface area contributed by atoms with Gasteiger partial charge in [-0.05, 0) is 12.8 Å². The number of carbonyl (C=O) groups excluding carboxylic acids is 2. The van der Waals surface area contributed by atoms with Crippen molar-refractivity contribution in [3.8, 4) is 0 Å². The molecule has 0 spiro atoms. The van der Waals surface area contributed by atoms with E-state index < -0.39 is 0 Å². The Balaban J connectivity index is 3.75. The summed E-state index contributed by atoms with van der Waals surface area (Å²) in [4.78, 5) is 22.4. The van der Waals surface area contributed by atoms with E-state index in [1.165, 1.54) is 0 Å². The summed E-state index contributed by atoms with van der Waals surface area (Å²) in [7, 11) is 0. The number of hydrogen-bond acceptors (Lipinski definition) is 2. The lowest BCUT2D eigenvalue weighted by atomic mass is 10.0. The van der Waals surface area contributed by atoms with Gasteiger partial charge in [-0.25, -0.2) is 0 Å². The fraction of sp³-hybridized carbons (Fsp3) is 0.667. The molecule has 0 N–H and O–H groups in total. The van der Waals surface area contributed by atoms with Crippen LogP contribution in [-0.2, 0) is 9.59 Å². The second-order valence-electron chi connectivity index (χ2n) is 3.68. The molecule has 0 saturated carbocycles. The van der Waals surface area contributed by atoms with Gasteiger partial charge >= 0.3 is 0 Å². The Morgan fingerprint density at radius 1 is 0.929 bits per heavy atom. The molecule has 0 aromatic rings. The first-order chi connectivity index (χ1) is 6.60. The molecule has 2 nitrogen and oxygen atoms in total. The van der Waals surface area contributed by atoms with Crippen molar-refractivity contribution in [1.82, 2.24) is 0 Å². The summed E-state index contributed by atoms with van der Waals surface area (Å²) in [6, 6.07) is 0. The predicted molar refractivity (Wildman–Crippen MR) is 58.2 cm³/mol. The number of rotatable bonds is 8. The van der Waals surface area contributed by atoms with Crippen LogP contribution in [0, 0.1) is 0 Å². The van der Waals surface area contributed by atoms with Crippen LogP contribution in [0.5, 0.6) is 0 Å². The number of allylic oxidation sites excluding steroid dienone is 1. The summed E-state index contributed by atoms with van der Waals surface area (Å²) in [6.07, 6.45) is 3.69. The van der Waals surface area contributed by atoms with Crippen molar-refractivity contribution in [2.24, 2.45) is 0 Å². The minimum atomic E-state index is 0.196. The average molecular weight is 196 g/mol. The van der Waals surface area contributed by atoms with Gasteiger partial charge in [0.25, 0.3) is 0 Å². The fourth-order valence-corrected chi connectivity index (χ4v) is 1.35. The summed E-state index contributed by atoms with van der Waals surface area (Å²) < 4.78 is 0. The van der Waals surface area contributed by atoms with Crippen molar-refractivity contribution >= 4 is 11.6 Å². The molecule has 80 valence electrons. The maximum atomic E-state index is 11.2. The zero-order chi connectivity index (χ0) is 11.0. The largest absolute Gasteiger partial charge is 0.299 e. The molecule has 0 aromatic carbocycles. The zero-order valence-electron chi connectivity index (χ0n) is 9.27. The molecule has 0 aliphatic carbocycles. The van der Waals surface area contributed by atoms with Crippen LogP contribution >= 0.6 is 0 Å². The molecule has 0 aliphatic rings. The second kappa shape index (κ2) is 7.48. The quantitative estimate of drug-likeness (QED) is 0.559. The summed E-state index contributed by atoms with van der Waals surface area (Å²) in [5.74, 6) is 0.392. The van der Waals surface area contributed by atoms with Gasteiger partial charge in [0.15, 0.2) is 0 Å². The molecular formula is C12H20O2. The summed E-state index contributed by atoms with van der Waals surface area (Å²) in [5, 5.41) is 0. The van der Waals surface area contributed by atoms with E-state index in [0.29, 0.717) is 25.7 Å². The van der Waals surface area contributed by atoms with E-state index in [1.54, 1.807) is 0 Å². The van der Waals surface area contributed by atoms with Crippen LogP contribution in [0.1, 0.15) is 52.4 Å². The molecule has 0 amide bonds. The molecule has 0 unspecified atom stereocenters. The minimum absolute atomic E-state index is 0.196. The molecule has 0 fully saturated rings. The van der Waals surface area contributed by atoms with E-state index in [9.17, 15) is 9.59 Å². The number of carbonyl (C=O) groups is 2. The van der Waals surface area contributed by atoms with Crippen molar-refractivity contribution in [1.29, 1.82) is 0 Å². The van der Waals surface area contributed by atoms with Crippen molar-refractivity contribution in [2.75, 3.05) is 0 Å². The van der Waals surface area contributed by atoms with E-state index in [4.69, 9.17) is 0 Å². The van der Waals surface area contributed by atoms with E-state index in [2.05, 4.69) is 6.58 Å². The van der Waals surface area contributed by atoms with Gasteiger partial charge in [-0.3, -0.25) is 9.59 Å². The normalized spacial score (nSPS) is 9.86. The van der Waals surface area contributed by atoms with Gasteiger partial charge in [0.2, 0.25) is 0 Å². The van der Waals surface area contributed by atoms with Crippen LogP contribution in [0.15, 0.2) is 12.2 Å². The topological polar surface area (TPSA) is 34.1 Å². The van der Waals surface area contributed by atoms with E-state index in [-0.39, 0.29) is 11.6 Å². The first-order valence-electron chi connectivity index (χ1n) is 5.30. The van der Waals surface area contributed by atoms with E-state index >= 15 is 0 Å². The fourth-order valence-electron chi connectivity index (χ4n) is 1.35. The third-order valence-electron chi connectivity index (χ3n) is 1.95. The van der Waals surface area contributed by atoms with Crippen molar-refractivity contribution < 1.29 is 9.59 Å². The van der Waals surface area contributed by atoms with Gasteiger partial charge in [-0.2, -0.15) is 0 Å². The predicted octanol–water partition coefficient (Wildman–Crippen LogP) is 3.06. The average Bonchev–Trinajstić information content (AvgIpc) is 2.03.